The minimum Gasteiger partial charge on any atom is -0.550 e. The molecule has 0 fully saturated rings. The van der Waals surface area contributed by atoms with Gasteiger partial charge in [-0.3, -0.25) is 0 Å². The molecule has 0 amide bonds. The molecule has 0 spiro atoms. The molecule has 0 rings (SSSR count). The maximum absolute atomic E-state index is 10.1. The number of carboxylic acids is 3. The van der Waals surface area contributed by atoms with Gasteiger partial charge in [0.05, 0.1) is 0 Å². The Kier molecular flexibility index (Phi) is 51.5. The van der Waals surface area contributed by atoms with Crippen molar-refractivity contribution in [3.63, 3.8) is 0 Å². The van der Waals surface area contributed by atoms with Crippen molar-refractivity contribution in [2.75, 3.05) is 0 Å². The van der Waals surface area contributed by atoms with E-state index in [9.17, 15) is 29.7 Å². The summed E-state index contributed by atoms with van der Waals surface area (Å²) in [6, 6.07) is 0. The summed E-state index contributed by atoms with van der Waals surface area (Å²) in [5, 5.41) is 30.3. The SMILES string of the molecule is CCCCCCCCCCCC(=O)[O-].CCCCCCCCCCCC(=O)[O-].CCCCCCCCCCCC(=O)[O-].[Mn+3]. The monoisotopic (exact) mass is 652 g/mol. The predicted molar refractivity (Wildman–Crippen MR) is 171 cm³/mol. The van der Waals surface area contributed by atoms with Crippen LogP contribution in [0.25, 0.3) is 0 Å². The molecule has 7 heteroatoms. The number of unbranched alkanes of at least 4 members (excludes halogenated alkanes) is 24. The number of carbonyl (C=O) groups is 3. The Morgan fingerprint density at radius 3 is 0.581 bits per heavy atom. The van der Waals surface area contributed by atoms with Crippen LogP contribution in [-0.4, -0.2) is 17.9 Å². The van der Waals surface area contributed by atoms with Crippen LogP contribution in [0.15, 0.2) is 0 Å². The van der Waals surface area contributed by atoms with Crippen molar-refractivity contribution in [1.29, 1.82) is 0 Å². The molecule has 0 saturated heterocycles. The average molecular weight is 653 g/mol. The summed E-state index contributed by atoms with van der Waals surface area (Å²) >= 11 is 0. The van der Waals surface area contributed by atoms with Crippen LogP contribution in [0.5, 0.6) is 0 Å². The smallest absolute Gasteiger partial charge is 0.550 e. The molecule has 256 valence electrons. The van der Waals surface area contributed by atoms with E-state index >= 15 is 0 Å². The van der Waals surface area contributed by atoms with E-state index in [1.165, 1.54) is 135 Å². The molecule has 0 atom stereocenters. The Bertz CT molecular complexity index is 480. The van der Waals surface area contributed by atoms with Crippen LogP contribution >= 0.6 is 0 Å². The van der Waals surface area contributed by atoms with Crippen LogP contribution in [0.2, 0.25) is 0 Å². The predicted octanol–water partition coefficient (Wildman–Crippen LogP) is 7.97. The number of hydrogen-bond acceptors (Lipinski definition) is 6. The van der Waals surface area contributed by atoms with E-state index in [2.05, 4.69) is 20.8 Å². The van der Waals surface area contributed by atoms with Crippen LogP contribution < -0.4 is 15.3 Å². The Balaban J connectivity index is -0.000000262. The Morgan fingerprint density at radius 2 is 0.442 bits per heavy atom. The topological polar surface area (TPSA) is 120 Å². The first-order chi connectivity index (χ1) is 20.3. The van der Waals surface area contributed by atoms with Crippen LogP contribution in [0.4, 0.5) is 0 Å². The number of hydrogen-bond donors (Lipinski definition) is 0. The fourth-order valence-electron chi connectivity index (χ4n) is 4.74. The Hall–Kier alpha value is -1.07. The zero-order valence-corrected chi connectivity index (χ0v) is 29.7. The standard InChI is InChI=1S/3C12H24O2.Mn/c3*1-2-3-4-5-6-7-8-9-10-11-12(13)14;/h3*2-11H2,1H3,(H,13,14);/q;;;+3/p-3. The molecule has 0 aliphatic rings. The molecule has 0 aromatic heterocycles. The van der Waals surface area contributed by atoms with Crippen molar-refractivity contribution in [3.8, 4) is 0 Å². The van der Waals surface area contributed by atoms with Gasteiger partial charge < -0.3 is 29.7 Å². The second-order valence-electron chi connectivity index (χ2n) is 11.9. The first-order valence-electron chi connectivity index (χ1n) is 17.9. The average Bonchev–Trinajstić information content (AvgIpc) is 2.95. The van der Waals surface area contributed by atoms with Gasteiger partial charge in [0.2, 0.25) is 0 Å². The van der Waals surface area contributed by atoms with Crippen LogP contribution in [0.1, 0.15) is 213 Å². The third-order valence-corrected chi connectivity index (χ3v) is 7.45. The van der Waals surface area contributed by atoms with Crippen molar-refractivity contribution >= 4 is 17.9 Å². The largest absolute Gasteiger partial charge is 3.00 e. The van der Waals surface area contributed by atoms with Crippen LogP contribution in [0, 0.1) is 0 Å². The van der Waals surface area contributed by atoms with Crippen molar-refractivity contribution in [2.24, 2.45) is 0 Å². The molecule has 0 bridgehead atoms. The summed E-state index contributed by atoms with van der Waals surface area (Å²) in [4.78, 5) is 30.3. The molecule has 0 aromatic rings. The molecule has 0 N–H and O–H groups in total. The van der Waals surface area contributed by atoms with Crippen molar-refractivity contribution in [1.82, 2.24) is 0 Å². The van der Waals surface area contributed by atoms with Gasteiger partial charge in [0.1, 0.15) is 0 Å². The summed E-state index contributed by atoms with van der Waals surface area (Å²) in [6.07, 6.45) is 33.5. The Labute approximate surface area is 277 Å². The van der Waals surface area contributed by atoms with E-state index in [4.69, 9.17) is 0 Å². The summed E-state index contributed by atoms with van der Waals surface area (Å²) in [6.45, 7) is 6.67. The van der Waals surface area contributed by atoms with Gasteiger partial charge in [-0.25, -0.2) is 0 Å². The van der Waals surface area contributed by atoms with Crippen LogP contribution in [0.3, 0.4) is 0 Å². The summed E-state index contributed by atoms with van der Waals surface area (Å²) in [7, 11) is 0. The first kappa shape index (κ1) is 48.8. The van der Waals surface area contributed by atoms with Crippen molar-refractivity contribution in [2.45, 2.75) is 213 Å². The van der Waals surface area contributed by atoms with E-state index in [-0.39, 0.29) is 36.3 Å². The molecular formula is C36H69MnO6. The van der Waals surface area contributed by atoms with Gasteiger partial charge in [-0.05, 0) is 38.5 Å². The van der Waals surface area contributed by atoms with Crippen molar-refractivity contribution in [3.05, 3.63) is 0 Å². The number of aliphatic carboxylic acids is 3. The van der Waals surface area contributed by atoms with E-state index in [0.29, 0.717) is 0 Å². The van der Waals surface area contributed by atoms with Gasteiger partial charge in [-0.1, -0.05) is 175 Å². The van der Waals surface area contributed by atoms with Gasteiger partial charge in [0.25, 0.3) is 0 Å². The van der Waals surface area contributed by atoms with E-state index < -0.39 is 17.9 Å². The minimum atomic E-state index is -0.909. The molecule has 0 aromatic carbocycles. The van der Waals surface area contributed by atoms with Gasteiger partial charge in [0.15, 0.2) is 0 Å². The molecule has 0 aliphatic carbocycles. The third-order valence-electron chi connectivity index (χ3n) is 7.45. The second-order valence-corrected chi connectivity index (χ2v) is 11.9. The van der Waals surface area contributed by atoms with Crippen molar-refractivity contribution < 1.29 is 46.8 Å². The van der Waals surface area contributed by atoms with E-state index in [0.717, 1.165) is 38.5 Å². The molecule has 0 saturated carbocycles. The zero-order chi connectivity index (χ0) is 31.9. The molecule has 6 nitrogen and oxygen atoms in total. The zero-order valence-electron chi connectivity index (χ0n) is 28.5. The Morgan fingerprint density at radius 1 is 0.302 bits per heavy atom. The summed E-state index contributed by atoms with van der Waals surface area (Å²) in [5.74, 6) is -2.73. The molecular weight excluding hydrogens is 583 g/mol. The quantitative estimate of drug-likeness (QED) is 0.0573. The molecule has 0 radical (unpaired) electrons. The van der Waals surface area contributed by atoms with Gasteiger partial charge in [-0.2, -0.15) is 0 Å². The minimum absolute atomic E-state index is 0. The van der Waals surface area contributed by atoms with E-state index in [1.807, 2.05) is 0 Å². The second kappa shape index (κ2) is 45.4. The maximum Gasteiger partial charge on any atom is 3.00 e. The number of rotatable bonds is 30. The molecule has 0 unspecified atom stereocenters. The summed E-state index contributed by atoms with van der Waals surface area (Å²) in [5.41, 5.74) is 0. The number of carbonyl (C=O) groups excluding carboxylic acids is 3. The first-order valence-corrected chi connectivity index (χ1v) is 17.9. The number of carboxylic acid groups (broad SMARTS) is 3. The molecule has 43 heavy (non-hydrogen) atoms. The fraction of sp³-hybridized carbons (Fsp3) is 0.917. The van der Waals surface area contributed by atoms with Crippen LogP contribution in [-0.2, 0) is 31.5 Å². The van der Waals surface area contributed by atoms with Gasteiger partial charge >= 0.3 is 17.1 Å². The normalized spacial score (nSPS) is 10.1. The van der Waals surface area contributed by atoms with Gasteiger partial charge in [-0.15, -0.1) is 0 Å². The molecule has 0 aliphatic heterocycles. The van der Waals surface area contributed by atoms with Gasteiger partial charge in [0, 0.05) is 17.9 Å². The maximum atomic E-state index is 10.1. The summed E-state index contributed by atoms with van der Waals surface area (Å²) < 4.78 is 0. The van der Waals surface area contributed by atoms with E-state index in [1.54, 1.807) is 0 Å². The third kappa shape index (κ3) is 60.8. The fourth-order valence-corrected chi connectivity index (χ4v) is 4.74. The molecule has 0 heterocycles.